The fraction of sp³-hybridized carbons (Fsp3) is 0.148. The molecule has 5 rings (SSSR count). The van der Waals surface area contributed by atoms with E-state index in [0.29, 0.717) is 17.2 Å². The molecule has 0 radical (unpaired) electrons. The summed E-state index contributed by atoms with van der Waals surface area (Å²) in [5.74, 6) is 1.10. The van der Waals surface area contributed by atoms with Crippen molar-refractivity contribution in [2.24, 2.45) is 0 Å². The molecule has 3 aromatic carbocycles. The molecular weight excluding hydrogens is 396 g/mol. The van der Waals surface area contributed by atoms with Crippen LogP contribution < -0.4 is 5.32 Å². The van der Waals surface area contributed by atoms with Crippen molar-refractivity contribution in [2.75, 3.05) is 5.32 Å². The zero-order valence-corrected chi connectivity index (χ0v) is 18.6. The number of nitrogens with one attached hydrogen (secondary N) is 1. The van der Waals surface area contributed by atoms with Crippen LogP contribution in [-0.2, 0) is 0 Å². The number of aromatic nitrogens is 3. The number of rotatable bonds is 3. The van der Waals surface area contributed by atoms with Crippen molar-refractivity contribution in [3.8, 4) is 5.82 Å². The van der Waals surface area contributed by atoms with E-state index in [9.17, 15) is 4.79 Å². The van der Waals surface area contributed by atoms with Gasteiger partial charge in [0.25, 0.3) is 5.91 Å². The molecule has 0 atom stereocenters. The van der Waals surface area contributed by atoms with Crippen molar-refractivity contribution in [2.45, 2.75) is 27.7 Å². The van der Waals surface area contributed by atoms with Gasteiger partial charge in [-0.3, -0.25) is 4.79 Å². The van der Waals surface area contributed by atoms with Gasteiger partial charge in [0.2, 0.25) is 0 Å². The molecule has 0 aliphatic rings. The van der Waals surface area contributed by atoms with Crippen molar-refractivity contribution in [1.82, 2.24) is 14.8 Å². The van der Waals surface area contributed by atoms with Crippen LogP contribution in [0.4, 0.5) is 5.82 Å². The quantitative estimate of drug-likeness (QED) is 0.386. The first kappa shape index (κ1) is 19.9. The lowest BCUT2D eigenvalue weighted by Gasteiger charge is -2.13. The van der Waals surface area contributed by atoms with Crippen LogP contribution in [0.5, 0.6) is 0 Å². The summed E-state index contributed by atoms with van der Waals surface area (Å²) in [7, 11) is 0. The van der Waals surface area contributed by atoms with Crippen LogP contribution >= 0.6 is 0 Å². The zero-order valence-electron chi connectivity index (χ0n) is 18.6. The van der Waals surface area contributed by atoms with Gasteiger partial charge in [-0.25, -0.2) is 4.98 Å². The summed E-state index contributed by atoms with van der Waals surface area (Å²) in [6.45, 7) is 8.16. The van der Waals surface area contributed by atoms with Gasteiger partial charge in [-0.2, -0.15) is 9.78 Å². The Morgan fingerprint density at radius 3 is 2.47 bits per heavy atom. The first-order chi connectivity index (χ1) is 15.4. The van der Waals surface area contributed by atoms with E-state index in [0.717, 1.165) is 38.5 Å². The van der Waals surface area contributed by atoms with Crippen molar-refractivity contribution in [3.63, 3.8) is 0 Å². The van der Waals surface area contributed by atoms with Crippen LogP contribution in [0.2, 0.25) is 0 Å². The average molecular weight is 421 g/mol. The van der Waals surface area contributed by atoms with E-state index in [1.54, 1.807) is 4.68 Å². The summed E-state index contributed by atoms with van der Waals surface area (Å²) < 4.78 is 1.71. The summed E-state index contributed by atoms with van der Waals surface area (Å²) in [6.07, 6.45) is 0. The van der Waals surface area contributed by atoms with Gasteiger partial charge in [-0.1, -0.05) is 48.0 Å². The van der Waals surface area contributed by atoms with Gasteiger partial charge < -0.3 is 5.32 Å². The molecule has 1 N–H and O–H groups in total. The van der Waals surface area contributed by atoms with Gasteiger partial charge in [0, 0.05) is 17.0 Å². The average Bonchev–Trinajstić information content (AvgIpc) is 3.13. The topological polar surface area (TPSA) is 59.8 Å². The van der Waals surface area contributed by atoms with Crippen LogP contribution in [0.15, 0.2) is 66.7 Å². The van der Waals surface area contributed by atoms with Crippen molar-refractivity contribution in [1.29, 1.82) is 0 Å². The number of hydrogen-bond donors (Lipinski definition) is 1. The molecule has 0 fully saturated rings. The van der Waals surface area contributed by atoms with E-state index in [1.807, 2.05) is 61.5 Å². The van der Waals surface area contributed by atoms with E-state index >= 15 is 0 Å². The number of carbonyl (C=O) groups is 1. The molecule has 0 unspecified atom stereocenters. The molecule has 5 aromatic rings. The highest BCUT2D eigenvalue weighted by Crippen LogP contribution is 2.26. The lowest BCUT2D eigenvalue weighted by atomic mass is 10.0. The van der Waals surface area contributed by atoms with E-state index in [2.05, 4.69) is 43.3 Å². The molecule has 0 spiro atoms. The summed E-state index contributed by atoms with van der Waals surface area (Å²) >= 11 is 0. The minimum absolute atomic E-state index is 0.174. The van der Waals surface area contributed by atoms with Crippen molar-refractivity contribution < 1.29 is 4.79 Å². The van der Waals surface area contributed by atoms with Crippen molar-refractivity contribution in [3.05, 3.63) is 94.7 Å². The second-order valence-electron chi connectivity index (χ2n) is 8.34. The lowest BCUT2D eigenvalue weighted by Crippen LogP contribution is -2.16. The largest absolute Gasteiger partial charge is 0.306 e. The normalized spacial score (nSPS) is 11.2. The van der Waals surface area contributed by atoms with Gasteiger partial charge in [-0.05, 0) is 67.8 Å². The molecule has 158 valence electrons. The predicted molar refractivity (Wildman–Crippen MR) is 130 cm³/mol. The molecule has 5 nitrogen and oxygen atoms in total. The Bertz CT molecular complexity index is 1510. The van der Waals surface area contributed by atoms with Gasteiger partial charge in [0.05, 0.1) is 11.2 Å². The van der Waals surface area contributed by atoms with Crippen LogP contribution in [0.1, 0.15) is 32.7 Å². The third-order valence-electron chi connectivity index (χ3n) is 5.77. The van der Waals surface area contributed by atoms with Gasteiger partial charge >= 0.3 is 0 Å². The number of amides is 1. The van der Waals surface area contributed by atoms with Gasteiger partial charge in [0.15, 0.2) is 5.82 Å². The third-order valence-corrected chi connectivity index (χ3v) is 5.77. The monoisotopic (exact) mass is 420 g/mol. The summed E-state index contributed by atoms with van der Waals surface area (Å²) in [5.41, 5.74) is 5.84. The Morgan fingerprint density at radius 1 is 0.844 bits per heavy atom. The van der Waals surface area contributed by atoms with E-state index < -0.39 is 0 Å². The van der Waals surface area contributed by atoms with Gasteiger partial charge in [0.1, 0.15) is 5.82 Å². The number of pyridine rings is 1. The number of hydrogen-bond acceptors (Lipinski definition) is 3. The molecule has 0 bridgehead atoms. The number of nitrogens with zero attached hydrogens (tertiary/aromatic N) is 3. The number of benzene rings is 3. The van der Waals surface area contributed by atoms with E-state index in [4.69, 9.17) is 4.98 Å². The Balaban J connectivity index is 1.58. The molecule has 2 heterocycles. The number of carbonyl (C=O) groups excluding carboxylic acids is 1. The molecule has 1 amide bonds. The molecular formula is C27H24N4O. The molecule has 0 saturated heterocycles. The lowest BCUT2D eigenvalue weighted by molar-refractivity contribution is 0.102. The Kier molecular flexibility index (Phi) is 4.74. The molecule has 5 heteroatoms. The highest BCUT2D eigenvalue weighted by atomic mass is 16.1. The van der Waals surface area contributed by atoms with Crippen molar-refractivity contribution >= 4 is 33.4 Å². The highest BCUT2D eigenvalue weighted by Gasteiger charge is 2.16. The predicted octanol–water partition coefficient (Wildman–Crippen LogP) is 6.06. The summed E-state index contributed by atoms with van der Waals surface area (Å²) in [5, 5.41) is 10.8. The molecule has 0 aliphatic heterocycles. The number of anilines is 1. The Morgan fingerprint density at radius 2 is 1.62 bits per heavy atom. The smallest absolute Gasteiger partial charge is 0.257 e. The van der Waals surface area contributed by atoms with Crippen LogP contribution in [0.3, 0.4) is 0 Å². The highest BCUT2D eigenvalue weighted by molar-refractivity contribution is 6.12. The molecule has 0 aliphatic carbocycles. The standard InChI is InChI=1S/C27H24N4O/c1-16-12-18(3)26-23(13-16)17(2)14-24(28-26)31-25(15-19(4)30-31)29-27(32)22-11-7-9-20-8-5-6-10-21(20)22/h5-15H,1-4H3,(H,29,32). The van der Waals surface area contributed by atoms with Crippen LogP contribution in [-0.4, -0.2) is 20.7 Å². The second-order valence-corrected chi connectivity index (χ2v) is 8.34. The molecule has 32 heavy (non-hydrogen) atoms. The maximum absolute atomic E-state index is 13.2. The maximum atomic E-state index is 13.2. The summed E-state index contributed by atoms with van der Waals surface area (Å²) in [6, 6.07) is 21.8. The van der Waals surface area contributed by atoms with Crippen LogP contribution in [0.25, 0.3) is 27.5 Å². The maximum Gasteiger partial charge on any atom is 0.257 e. The first-order valence-corrected chi connectivity index (χ1v) is 10.7. The number of aryl methyl sites for hydroxylation is 4. The SMILES string of the molecule is Cc1cc(C)c2nc(-n3nc(C)cc3NC(=O)c3cccc4ccccc34)cc(C)c2c1. The van der Waals surface area contributed by atoms with Gasteiger partial charge in [-0.15, -0.1) is 0 Å². The summed E-state index contributed by atoms with van der Waals surface area (Å²) in [4.78, 5) is 18.1. The third kappa shape index (κ3) is 3.42. The molecule has 2 aromatic heterocycles. The van der Waals surface area contributed by atoms with Crippen LogP contribution in [0, 0.1) is 27.7 Å². The Hall–Kier alpha value is -3.99. The minimum atomic E-state index is -0.174. The first-order valence-electron chi connectivity index (χ1n) is 10.7. The number of fused-ring (bicyclic) bond motifs is 2. The van der Waals surface area contributed by atoms with E-state index in [-0.39, 0.29) is 5.91 Å². The fourth-order valence-corrected chi connectivity index (χ4v) is 4.31. The molecule has 0 saturated carbocycles. The Labute approximate surface area is 186 Å². The fourth-order valence-electron chi connectivity index (χ4n) is 4.31. The minimum Gasteiger partial charge on any atom is -0.306 e. The zero-order chi connectivity index (χ0) is 22.4. The second kappa shape index (κ2) is 7.61. The van der Waals surface area contributed by atoms with E-state index in [1.165, 1.54) is 5.56 Å².